The summed E-state index contributed by atoms with van der Waals surface area (Å²) in [7, 11) is 0. The van der Waals surface area contributed by atoms with E-state index in [-0.39, 0.29) is 28.2 Å². The Morgan fingerprint density at radius 3 is 2.32 bits per heavy atom. The third-order valence-corrected chi connectivity index (χ3v) is 3.31. The van der Waals surface area contributed by atoms with E-state index in [4.69, 9.17) is 9.15 Å². The molecule has 0 aliphatic carbocycles. The van der Waals surface area contributed by atoms with Gasteiger partial charge in [0.1, 0.15) is 17.1 Å². The van der Waals surface area contributed by atoms with Crippen LogP contribution in [0.3, 0.4) is 0 Å². The molecule has 128 valence electrons. The van der Waals surface area contributed by atoms with Crippen LogP contribution in [0.2, 0.25) is 0 Å². The lowest BCUT2D eigenvalue weighted by atomic mass is 10.1. The van der Waals surface area contributed by atoms with Gasteiger partial charge in [0.05, 0.1) is 21.9 Å². The summed E-state index contributed by atoms with van der Waals surface area (Å²) < 4.78 is 48.6. The average Bonchev–Trinajstić information content (AvgIpc) is 2.53. The quantitative estimate of drug-likeness (QED) is 0.394. The van der Waals surface area contributed by atoms with Crippen LogP contribution < -0.4 is 10.4 Å². The van der Waals surface area contributed by atoms with Crippen LogP contribution in [0.25, 0.3) is 11.0 Å². The van der Waals surface area contributed by atoms with Gasteiger partial charge < -0.3 is 9.15 Å². The van der Waals surface area contributed by atoms with Gasteiger partial charge in [-0.15, -0.1) is 0 Å². The number of fused-ring (bicyclic) bond motifs is 1. The molecule has 0 radical (unpaired) electrons. The van der Waals surface area contributed by atoms with Crippen molar-refractivity contribution in [2.24, 2.45) is 0 Å². The number of nitrogens with zero attached hydrogens (tertiary/aromatic N) is 1. The van der Waals surface area contributed by atoms with E-state index in [1.807, 2.05) is 0 Å². The van der Waals surface area contributed by atoms with Crippen molar-refractivity contribution in [3.63, 3.8) is 0 Å². The number of nitro benzene ring substituents is 1. The number of rotatable bonds is 3. The molecular formula is C16H8F3NO5. The highest BCUT2D eigenvalue weighted by Gasteiger charge is 2.31. The van der Waals surface area contributed by atoms with Crippen LogP contribution in [-0.2, 0) is 6.18 Å². The molecular weight excluding hydrogens is 343 g/mol. The number of benzene rings is 2. The van der Waals surface area contributed by atoms with Gasteiger partial charge in [-0.05, 0) is 30.3 Å². The van der Waals surface area contributed by atoms with Crippen molar-refractivity contribution in [2.75, 3.05) is 0 Å². The zero-order valence-corrected chi connectivity index (χ0v) is 12.2. The molecule has 1 aromatic heterocycles. The minimum atomic E-state index is -4.58. The van der Waals surface area contributed by atoms with E-state index in [1.54, 1.807) is 0 Å². The Hall–Kier alpha value is -3.36. The molecule has 3 aromatic rings. The Morgan fingerprint density at radius 2 is 1.72 bits per heavy atom. The van der Waals surface area contributed by atoms with Crippen molar-refractivity contribution in [3.05, 3.63) is 74.6 Å². The highest BCUT2D eigenvalue weighted by atomic mass is 19.4. The van der Waals surface area contributed by atoms with Crippen LogP contribution in [0.4, 0.5) is 18.9 Å². The van der Waals surface area contributed by atoms with Gasteiger partial charge in [-0.25, -0.2) is 4.79 Å². The number of ether oxygens (including phenoxy) is 1. The first-order chi connectivity index (χ1) is 11.7. The molecule has 0 unspecified atom stereocenters. The summed E-state index contributed by atoms with van der Waals surface area (Å²) in [4.78, 5) is 21.6. The third-order valence-electron chi connectivity index (χ3n) is 3.31. The maximum atomic E-state index is 12.8. The van der Waals surface area contributed by atoms with Crippen molar-refractivity contribution in [1.29, 1.82) is 0 Å². The Labute approximate surface area is 137 Å². The van der Waals surface area contributed by atoms with Gasteiger partial charge in [-0.1, -0.05) is 0 Å². The second-order valence-electron chi connectivity index (χ2n) is 4.99. The summed E-state index contributed by atoms with van der Waals surface area (Å²) >= 11 is 0. The molecule has 25 heavy (non-hydrogen) atoms. The second kappa shape index (κ2) is 5.93. The minimum Gasteiger partial charge on any atom is -0.456 e. The molecule has 0 saturated carbocycles. The summed E-state index contributed by atoms with van der Waals surface area (Å²) in [5.41, 5.74) is -2.28. The predicted molar refractivity (Wildman–Crippen MR) is 80.7 cm³/mol. The molecule has 1 heterocycles. The molecule has 0 fully saturated rings. The second-order valence-corrected chi connectivity index (χ2v) is 4.99. The number of hydrogen-bond acceptors (Lipinski definition) is 5. The van der Waals surface area contributed by atoms with Crippen LogP contribution in [0, 0.1) is 10.1 Å². The molecule has 0 aliphatic heterocycles. The van der Waals surface area contributed by atoms with E-state index < -0.39 is 22.3 Å². The highest BCUT2D eigenvalue weighted by molar-refractivity contribution is 5.84. The van der Waals surface area contributed by atoms with Crippen LogP contribution in [0.5, 0.6) is 11.5 Å². The lowest BCUT2D eigenvalue weighted by molar-refractivity contribution is -0.384. The molecule has 0 atom stereocenters. The monoisotopic (exact) mass is 351 g/mol. The van der Waals surface area contributed by atoms with Gasteiger partial charge in [0.2, 0.25) is 0 Å². The zero-order chi connectivity index (χ0) is 18.2. The average molecular weight is 351 g/mol. The fourth-order valence-electron chi connectivity index (χ4n) is 2.16. The largest absolute Gasteiger partial charge is 0.456 e. The van der Waals surface area contributed by atoms with Crippen molar-refractivity contribution >= 4 is 16.7 Å². The first kappa shape index (κ1) is 16.5. The highest BCUT2D eigenvalue weighted by Crippen LogP contribution is 2.34. The predicted octanol–water partition coefficient (Wildman–Crippen LogP) is 4.51. The number of nitro groups is 1. The van der Waals surface area contributed by atoms with E-state index in [2.05, 4.69) is 0 Å². The van der Waals surface area contributed by atoms with Crippen molar-refractivity contribution in [3.8, 4) is 11.5 Å². The van der Waals surface area contributed by atoms with E-state index >= 15 is 0 Å². The van der Waals surface area contributed by atoms with Crippen LogP contribution in [0.15, 0.2) is 57.7 Å². The minimum absolute atomic E-state index is 0.0196. The topological polar surface area (TPSA) is 82.6 Å². The van der Waals surface area contributed by atoms with Gasteiger partial charge in [-0.2, -0.15) is 13.2 Å². The summed E-state index contributed by atoms with van der Waals surface area (Å²) in [5.74, 6) is 0.159. The Bertz CT molecular complexity index is 1010. The Morgan fingerprint density at radius 1 is 1.04 bits per heavy atom. The SMILES string of the molecule is O=c1cc(Oc2ccc([N+](=O)[O-])cc2)c2ccc(C(F)(F)F)cc2o1. The van der Waals surface area contributed by atoms with Crippen molar-refractivity contribution < 1.29 is 27.2 Å². The zero-order valence-electron chi connectivity index (χ0n) is 12.2. The summed E-state index contributed by atoms with van der Waals surface area (Å²) in [6, 6.07) is 8.67. The lowest BCUT2D eigenvalue weighted by Gasteiger charge is -2.10. The van der Waals surface area contributed by atoms with Crippen LogP contribution in [-0.4, -0.2) is 4.92 Å². The van der Waals surface area contributed by atoms with Gasteiger partial charge in [0.15, 0.2) is 0 Å². The first-order valence-electron chi connectivity index (χ1n) is 6.81. The fraction of sp³-hybridized carbons (Fsp3) is 0.0625. The molecule has 2 aromatic carbocycles. The third kappa shape index (κ3) is 3.44. The molecule has 0 N–H and O–H groups in total. The van der Waals surface area contributed by atoms with Crippen molar-refractivity contribution in [2.45, 2.75) is 6.18 Å². The van der Waals surface area contributed by atoms with Gasteiger partial charge in [0, 0.05) is 12.1 Å². The lowest BCUT2D eigenvalue weighted by Crippen LogP contribution is -2.05. The molecule has 6 nitrogen and oxygen atoms in total. The summed E-state index contributed by atoms with van der Waals surface area (Å²) in [5, 5.41) is 10.8. The number of alkyl halides is 3. The normalized spacial score (nSPS) is 11.5. The fourth-order valence-corrected chi connectivity index (χ4v) is 2.16. The van der Waals surface area contributed by atoms with Crippen LogP contribution >= 0.6 is 0 Å². The van der Waals surface area contributed by atoms with E-state index in [9.17, 15) is 28.1 Å². The van der Waals surface area contributed by atoms with E-state index in [1.165, 1.54) is 24.3 Å². The van der Waals surface area contributed by atoms with E-state index in [0.29, 0.717) is 6.07 Å². The summed E-state index contributed by atoms with van der Waals surface area (Å²) in [6.45, 7) is 0. The van der Waals surface area contributed by atoms with Gasteiger partial charge in [0.25, 0.3) is 5.69 Å². The van der Waals surface area contributed by atoms with Gasteiger partial charge >= 0.3 is 11.8 Å². The molecule has 0 saturated heterocycles. The Kier molecular flexibility index (Phi) is 3.91. The number of hydrogen-bond donors (Lipinski definition) is 0. The maximum absolute atomic E-state index is 12.8. The van der Waals surface area contributed by atoms with Crippen LogP contribution in [0.1, 0.15) is 5.56 Å². The molecule has 0 amide bonds. The van der Waals surface area contributed by atoms with E-state index in [0.717, 1.165) is 18.2 Å². The van der Waals surface area contributed by atoms with Gasteiger partial charge in [-0.3, -0.25) is 10.1 Å². The molecule has 0 aliphatic rings. The smallest absolute Gasteiger partial charge is 0.416 e. The van der Waals surface area contributed by atoms with Crippen molar-refractivity contribution in [1.82, 2.24) is 0 Å². The maximum Gasteiger partial charge on any atom is 0.416 e. The molecule has 0 spiro atoms. The molecule has 9 heteroatoms. The standard InChI is InChI=1S/C16H8F3NO5/c17-16(18,19)9-1-6-12-13(7-9)25-15(21)8-14(12)24-11-4-2-10(3-5-11)20(22)23/h1-8H. The summed E-state index contributed by atoms with van der Waals surface area (Å²) in [6.07, 6.45) is -4.58. The molecule has 3 rings (SSSR count). The number of non-ortho nitro benzene ring substituents is 1. The number of halogens is 3. The first-order valence-corrected chi connectivity index (χ1v) is 6.81. The Balaban J connectivity index is 2.04. The molecule has 0 bridgehead atoms.